The van der Waals surface area contributed by atoms with Crippen molar-refractivity contribution in [2.24, 2.45) is 0 Å². The number of aryl methyl sites for hydroxylation is 2. The zero-order valence-corrected chi connectivity index (χ0v) is 24.4. The van der Waals surface area contributed by atoms with Gasteiger partial charge < -0.3 is 0 Å². The summed E-state index contributed by atoms with van der Waals surface area (Å²) in [5.74, 6) is -0.520. The number of nitrogens with zero attached hydrogens (tertiary/aromatic N) is 2. The second-order valence-electron chi connectivity index (χ2n) is 9.57. The van der Waals surface area contributed by atoms with E-state index in [4.69, 9.17) is 0 Å². The minimum Gasteiger partial charge on any atom is -0.295 e. The third kappa shape index (κ3) is 6.47. The topological polar surface area (TPSA) is 110 Å². The third-order valence-electron chi connectivity index (χ3n) is 6.70. The minimum atomic E-state index is -0.326. The van der Waals surface area contributed by atoms with Crippen LogP contribution in [0.15, 0.2) is 131 Å². The first-order valence-electron chi connectivity index (χ1n) is 13.3. The van der Waals surface area contributed by atoms with Crippen LogP contribution in [-0.4, -0.2) is 31.1 Å². The van der Waals surface area contributed by atoms with Crippen molar-refractivity contribution in [3.63, 3.8) is 0 Å². The Balaban J connectivity index is 0.000000192. The molecule has 0 atom stereocenters. The molecule has 0 radical (unpaired) electrons. The number of H-pyrrole nitrogens is 2. The predicted molar refractivity (Wildman–Crippen MR) is 162 cm³/mol. The van der Waals surface area contributed by atoms with E-state index in [0.29, 0.717) is 33.9 Å². The van der Waals surface area contributed by atoms with Gasteiger partial charge in [-0.15, -0.1) is 0 Å². The Hall–Kier alpha value is -5.27. The number of carbonyl (C=O) groups excluding carboxylic acids is 2. The number of benzene rings is 4. The predicted octanol–water partition coefficient (Wildman–Crippen LogP) is 5.41. The van der Waals surface area contributed by atoms with Gasteiger partial charge in [0.05, 0.1) is 11.4 Å². The van der Waals surface area contributed by atoms with E-state index in [-0.39, 0.29) is 50.3 Å². The Morgan fingerprint density at radius 3 is 1.07 bits per heavy atom. The van der Waals surface area contributed by atoms with Gasteiger partial charge in [0.15, 0.2) is 11.6 Å². The molecule has 0 aliphatic rings. The first kappa shape index (κ1) is 30.7. The monoisotopic (exact) mass is 614 g/mol. The molecule has 0 aliphatic heterocycles. The second kappa shape index (κ2) is 13.6. The number of hydrogen-bond donors (Lipinski definition) is 2. The van der Waals surface area contributed by atoms with Gasteiger partial charge >= 0.3 is 0 Å². The van der Waals surface area contributed by atoms with E-state index in [9.17, 15) is 19.2 Å². The van der Waals surface area contributed by atoms with Crippen LogP contribution < -0.4 is 11.1 Å². The van der Waals surface area contributed by atoms with Gasteiger partial charge in [-0.2, -0.15) is 0 Å². The molecule has 4 aromatic carbocycles. The van der Waals surface area contributed by atoms with E-state index in [2.05, 4.69) is 10.2 Å². The van der Waals surface area contributed by atoms with Gasteiger partial charge in [0.2, 0.25) is 0 Å². The van der Waals surface area contributed by atoms with Crippen LogP contribution in [0.3, 0.4) is 0 Å². The van der Waals surface area contributed by atoms with E-state index < -0.39 is 0 Å². The van der Waals surface area contributed by atoms with Crippen molar-refractivity contribution in [3.8, 4) is 11.4 Å². The molecule has 0 bridgehead atoms. The summed E-state index contributed by atoms with van der Waals surface area (Å²) in [7, 11) is 0. The Kier molecular flexibility index (Phi) is 9.70. The molecule has 2 N–H and O–H groups in total. The summed E-state index contributed by atoms with van der Waals surface area (Å²) in [6, 6.07) is 36.0. The smallest absolute Gasteiger partial charge is 0.282 e. The number of para-hydroxylation sites is 2. The maximum atomic E-state index is 12.5. The van der Waals surface area contributed by atoms with E-state index in [1.54, 1.807) is 62.4 Å². The molecule has 43 heavy (non-hydrogen) atoms. The summed E-state index contributed by atoms with van der Waals surface area (Å²) in [4.78, 5) is 50.0. The minimum absolute atomic E-state index is 0. The van der Waals surface area contributed by atoms with E-state index in [0.717, 1.165) is 0 Å². The first-order chi connectivity index (χ1) is 20.4. The van der Waals surface area contributed by atoms with Crippen LogP contribution in [0.4, 0.5) is 0 Å². The van der Waals surface area contributed by atoms with Gasteiger partial charge in [-0.05, 0) is 38.1 Å². The van der Waals surface area contributed by atoms with Crippen molar-refractivity contribution in [3.05, 3.63) is 176 Å². The van der Waals surface area contributed by atoms with Crippen LogP contribution in [-0.2, 0) is 16.5 Å². The molecule has 0 saturated heterocycles. The zero-order chi connectivity index (χ0) is 29.6. The fourth-order valence-corrected chi connectivity index (χ4v) is 4.61. The molecule has 6 rings (SSSR count). The Bertz CT molecular complexity index is 1810. The molecular weight excluding hydrogens is 587 g/mol. The van der Waals surface area contributed by atoms with Crippen molar-refractivity contribution in [2.75, 3.05) is 0 Å². The molecule has 0 unspecified atom stereocenters. The molecule has 0 saturated carbocycles. The summed E-state index contributed by atoms with van der Waals surface area (Å²) in [6.45, 7) is 3.47. The van der Waals surface area contributed by atoms with Crippen molar-refractivity contribution >= 4 is 11.6 Å². The van der Waals surface area contributed by atoms with Crippen molar-refractivity contribution in [1.82, 2.24) is 19.6 Å². The number of rotatable bonds is 6. The van der Waals surface area contributed by atoms with Gasteiger partial charge in [-0.1, -0.05) is 97.1 Å². The molecule has 6 aromatic rings. The standard InChI is InChI=1S/2C17H14N2O2.Ni/c2*1-12-15(16(20)13-8-4-2-5-9-13)17(21)19(18-12)14-10-6-3-7-11-14;/h2*2-11,18H,1H3;. The fourth-order valence-electron chi connectivity index (χ4n) is 4.61. The quantitative estimate of drug-likeness (QED) is 0.193. The summed E-state index contributed by atoms with van der Waals surface area (Å²) < 4.78 is 2.79. The molecule has 8 nitrogen and oxygen atoms in total. The van der Waals surface area contributed by atoms with Crippen molar-refractivity contribution < 1.29 is 26.1 Å². The largest absolute Gasteiger partial charge is 0.295 e. The van der Waals surface area contributed by atoms with Gasteiger partial charge in [-0.25, -0.2) is 9.36 Å². The molecule has 2 aromatic heterocycles. The van der Waals surface area contributed by atoms with Crippen molar-refractivity contribution in [2.45, 2.75) is 13.8 Å². The van der Waals surface area contributed by atoms with Crippen LogP contribution in [0, 0.1) is 13.8 Å². The van der Waals surface area contributed by atoms with Crippen LogP contribution in [0.5, 0.6) is 0 Å². The Morgan fingerprint density at radius 1 is 0.488 bits per heavy atom. The van der Waals surface area contributed by atoms with E-state index >= 15 is 0 Å². The SMILES string of the molecule is Cc1[nH]n(-c2ccccc2)c(=O)c1C(=O)c1ccccc1.Cc1[nH]n(-c2ccccc2)c(=O)c1C(=O)c1ccccc1.[Ni]. The van der Waals surface area contributed by atoms with E-state index in [1.807, 2.05) is 72.8 Å². The van der Waals surface area contributed by atoms with Gasteiger partial charge in [-0.3, -0.25) is 29.4 Å². The maximum absolute atomic E-state index is 12.5. The van der Waals surface area contributed by atoms with Crippen LogP contribution in [0.2, 0.25) is 0 Å². The van der Waals surface area contributed by atoms with E-state index in [1.165, 1.54) is 9.36 Å². The zero-order valence-electron chi connectivity index (χ0n) is 23.4. The molecular formula is C34H28N4NiO4. The molecule has 9 heteroatoms. The number of ketones is 2. The summed E-state index contributed by atoms with van der Waals surface area (Å²) in [5, 5.41) is 5.93. The molecule has 0 spiro atoms. The van der Waals surface area contributed by atoms with Crippen LogP contribution in [0.1, 0.15) is 43.2 Å². The van der Waals surface area contributed by atoms with Crippen LogP contribution >= 0.6 is 0 Å². The number of aromatic nitrogens is 4. The summed E-state index contributed by atoms with van der Waals surface area (Å²) in [5.41, 5.74) is 3.29. The fraction of sp³-hybridized carbons (Fsp3) is 0.0588. The number of hydrogen-bond acceptors (Lipinski definition) is 4. The van der Waals surface area contributed by atoms with Gasteiger partial charge in [0.25, 0.3) is 11.1 Å². The molecule has 0 aliphatic carbocycles. The summed E-state index contributed by atoms with van der Waals surface area (Å²) in [6.07, 6.45) is 0. The third-order valence-corrected chi connectivity index (χ3v) is 6.70. The molecule has 2 heterocycles. The first-order valence-corrected chi connectivity index (χ1v) is 13.3. The normalized spacial score (nSPS) is 10.3. The van der Waals surface area contributed by atoms with Crippen LogP contribution in [0.25, 0.3) is 11.4 Å². The van der Waals surface area contributed by atoms with Gasteiger partial charge in [0.1, 0.15) is 11.1 Å². The number of aromatic amines is 2. The average molecular weight is 615 g/mol. The molecule has 218 valence electrons. The molecule has 0 fully saturated rings. The second-order valence-corrected chi connectivity index (χ2v) is 9.57. The Morgan fingerprint density at radius 2 is 0.767 bits per heavy atom. The number of carbonyl (C=O) groups is 2. The summed E-state index contributed by atoms with van der Waals surface area (Å²) >= 11 is 0. The average Bonchev–Trinajstić information content (AvgIpc) is 3.51. The van der Waals surface area contributed by atoms with Gasteiger partial charge in [0, 0.05) is 39.0 Å². The maximum Gasteiger partial charge on any atom is 0.282 e. The number of nitrogens with one attached hydrogen (secondary N) is 2. The Labute approximate surface area is 257 Å². The molecule has 0 amide bonds. The van der Waals surface area contributed by atoms with Crippen molar-refractivity contribution in [1.29, 1.82) is 0 Å².